The van der Waals surface area contributed by atoms with Crippen molar-refractivity contribution >= 4 is 39.2 Å². The monoisotopic (exact) mass is 442 g/mol. The highest BCUT2D eigenvalue weighted by molar-refractivity contribution is 8.01. The Hall–Kier alpha value is -2.25. The number of nitrogens with zero attached hydrogens (tertiary/aromatic N) is 2. The number of methoxy groups -OCH3 is 2. The molecule has 1 fully saturated rings. The lowest BCUT2D eigenvalue weighted by molar-refractivity contribution is -0.132. The highest BCUT2D eigenvalue weighted by atomic mass is 32.2. The van der Waals surface area contributed by atoms with E-state index in [1.54, 1.807) is 37.3 Å². The molecule has 0 aliphatic carbocycles. The fourth-order valence-corrected chi connectivity index (χ4v) is 6.00. The molecule has 158 valence electrons. The van der Waals surface area contributed by atoms with Crippen LogP contribution in [-0.2, 0) is 4.79 Å². The topological polar surface area (TPSA) is 51.7 Å². The lowest BCUT2D eigenvalue weighted by Gasteiger charge is -2.26. The number of hydrogen-bond acceptors (Lipinski definition) is 6. The lowest BCUT2D eigenvalue weighted by atomic mass is 10.0. The number of fused-ring (bicyclic) bond motifs is 1. The average molecular weight is 443 g/mol. The number of para-hydroxylation sites is 1. The van der Waals surface area contributed by atoms with Crippen molar-refractivity contribution in [2.24, 2.45) is 0 Å². The van der Waals surface area contributed by atoms with Crippen molar-refractivity contribution < 1.29 is 14.3 Å². The van der Waals surface area contributed by atoms with Crippen molar-refractivity contribution in [2.75, 3.05) is 26.5 Å². The predicted molar refractivity (Wildman–Crippen MR) is 123 cm³/mol. The van der Waals surface area contributed by atoms with E-state index in [-0.39, 0.29) is 11.9 Å². The third kappa shape index (κ3) is 4.57. The number of likely N-dealkylation sites (tertiary alicyclic amines) is 1. The summed E-state index contributed by atoms with van der Waals surface area (Å²) in [6.07, 6.45) is 3.40. The molecule has 1 unspecified atom stereocenters. The van der Waals surface area contributed by atoms with Crippen LogP contribution in [0.3, 0.4) is 0 Å². The maximum atomic E-state index is 12.9. The number of aromatic nitrogens is 1. The Bertz CT molecular complexity index is 988. The second kappa shape index (κ2) is 9.71. The molecule has 0 spiro atoms. The summed E-state index contributed by atoms with van der Waals surface area (Å²) in [5.74, 6) is 2.67. The van der Waals surface area contributed by atoms with Crippen LogP contribution in [0.2, 0.25) is 0 Å². The number of carbonyl (C=O) groups excluding carboxylic acids is 1. The van der Waals surface area contributed by atoms with E-state index in [1.807, 2.05) is 41.3 Å². The molecule has 1 aliphatic rings. The number of thioether (sulfide) groups is 1. The normalized spacial score (nSPS) is 16.2. The van der Waals surface area contributed by atoms with E-state index in [0.717, 1.165) is 58.5 Å². The molecule has 5 nitrogen and oxygen atoms in total. The Kier molecular flexibility index (Phi) is 6.79. The van der Waals surface area contributed by atoms with Crippen molar-refractivity contribution in [1.82, 2.24) is 9.88 Å². The highest BCUT2D eigenvalue weighted by Crippen LogP contribution is 2.39. The van der Waals surface area contributed by atoms with Crippen molar-refractivity contribution in [3.05, 3.63) is 48.0 Å². The standard InChI is InChI=1S/C23H26N2O3S2/c1-27-16-11-12-17(20(15-16)28-2)19-8-5-13-25(19)22(26)10-6-14-29-23-24-18-7-3-4-9-21(18)30-23/h3-4,7,9,11-12,15,19H,5-6,8,10,13-14H2,1-2H3. The number of hydrogen-bond donors (Lipinski definition) is 0. The van der Waals surface area contributed by atoms with Gasteiger partial charge in [-0.25, -0.2) is 4.98 Å². The van der Waals surface area contributed by atoms with Crippen molar-refractivity contribution in [3.63, 3.8) is 0 Å². The summed E-state index contributed by atoms with van der Waals surface area (Å²) in [6, 6.07) is 14.1. The predicted octanol–water partition coefficient (Wildman–Crippen LogP) is 5.55. The molecule has 2 heterocycles. The van der Waals surface area contributed by atoms with Crippen LogP contribution >= 0.6 is 23.1 Å². The van der Waals surface area contributed by atoms with Crippen molar-refractivity contribution in [1.29, 1.82) is 0 Å². The molecule has 7 heteroatoms. The van der Waals surface area contributed by atoms with Crippen LogP contribution in [0.5, 0.6) is 11.5 Å². The first-order valence-electron chi connectivity index (χ1n) is 10.2. The number of amides is 1. The number of thiazole rings is 1. The van der Waals surface area contributed by atoms with Gasteiger partial charge in [-0.2, -0.15) is 0 Å². The minimum absolute atomic E-state index is 0.0790. The van der Waals surface area contributed by atoms with Gasteiger partial charge in [0, 0.05) is 30.3 Å². The zero-order valence-corrected chi connectivity index (χ0v) is 18.9. The molecule has 1 aliphatic heterocycles. The molecule has 1 saturated heterocycles. The van der Waals surface area contributed by atoms with Crippen LogP contribution < -0.4 is 9.47 Å². The Balaban J connectivity index is 1.33. The number of carbonyl (C=O) groups is 1. The molecule has 0 saturated carbocycles. The molecule has 30 heavy (non-hydrogen) atoms. The fraction of sp³-hybridized carbons (Fsp3) is 0.391. The molecule has 1 aromatic heterocycles. The van der Waals surface area contributed by atoms with Crippen molar-refractivity contribution in [3.8, 4) is 11.5 Å². The smallest absolute Gasteiger partial charge is 0.223 e. The molecular formula is C23H26N2O3S2. The molecular weight excluding hydrogens is 416 g/mol. The van der Waals surface area contributed by atoms with Gasteiger partial charge in [0.05, 0.1) is 30.5 Å². The molecule has 0 radical (unpaired) electrons. The summed E-state index contributed by atoms with van der Waals surface area (Å²) in [4.78, 5) is 19.6. The fourth-order valence-electron chi connectivity index (χ4n) is 3.92. The van der Waals surface area contributed by atoms with Gasteiger partial charge in [-0.05, 0) is 43.5 Å². The molecule has 3 aromatic rings. The number of benzene rings is 2. The van der Waals surface area contributed by atoms with E-state index >= 15 is 0 Å². The van der Waals surface area contributed by atoms with Gasteiger partial charge in [0.1, 0.15) is 11.5 Å². The van der Waals surface area contributed by atoms with E-state index in [0.29, 0.717) is 6.42 Å². The van der Waals surface area contributed by atoms with E-state index in [1.165, 1.54) is 4.70 Å². The minimum Gasteiger partial charge on any atom is -0.497 e. The molecule has 0 N–H and O–H groups in total. The molecule has 2 aromatic carbocycles. The van der Waals surface area contributed by atoms with Crippen molar-refractivity contribution in [2.45, 2.75) is 36.1 Å². The number of ether oxygens (including phenoxy) is 2. The SMILES string of the molecule is COc1ccc(C2CCCN2C(=O)CCCSc2nc3ccccc3s2)c(OC)c1. The van der Waals surface area contributed by atoms with E-state index in [2.05, 4.69) is 11.1 Å². The maximum Gasteiger partial charge on any atom is 0.223 e. The highest BCUT2D eigenvalue weighted by Gasteiger charge is 2.31. The third-order valence-electron chi connectivity index (χ3n) is 5.41. The maximum absolute atomic E-state index is 12.9. The van der Waals surface area contributed by atoms with Gasteiger partial charge in [0.25, 0.3) is 0 Å². The second-order valence-electron chi connectivity index (χ2n) is 7.25. The van der Waals surface area contributed by atoms with Gasteiger partial charge in [0.15, 0.2) is 4.34 Å². The van der Waals surface area contributed by atoms with Crippen LogP contribution in [0.15, 0.2) is 46.8 Å². The summed E-state index contributed by atoms with van der Waals surface area (Å²) in [6.45, 7) is 0.809. The molecule has 4 rings (SSSR count). The van der Waals surface area contributed by atoms with Crippen LogP contribution in [-0.4, -0.2) is 42.3 Å². The molecule has 1 amide bonds. The van der Waals surface area contributed by atoms with Gasteiger partial charge in [0.2, 0.25) is 5.91 Å². The van der Waals surface area contributed by atoms with Gasteiger partial charge in [-0.15, -0.1) is 11.3 Å². The summed E-state index contributed by atoms with van der Waals surface area (Å²) in [5, 5.41) is 0. The first kappa shape index (κ1) is 21.0. The van der Waals surface area contributed by atoms with E-state index in [4.69, 9.17) is 9.47 Å². The van der Waals surface area contributed by atoms with Crippen LogP contribution in [0.4, 0.5) is 0 Å². The zero-order chi connectivity index (χ0) is 20.9. The first-order valence-corrected chi connectivity index (χ1v) is 12.0. The third-order valence-corrected chi connectivity index (χ3v) is 7.67. The largest absolute Gasteiger partial charge is 0.497 e. The minimum atomic E-state index is 0.0790. The zero-order valence-electron chi connectivity index (χ0n) is 17.3. The van der Waals surface area contributed by atoms with E-state index in [9.17, 15) is 4.79 Å². The van der Waals surface area contributed by atoms with Gasteiger partial charge < -0.3 is 14.4 Å². The lowest BCUT2D eigenvalue weighted by Crippen LogP contribution is -2.30. The summed E-state index contributed by atoms with van der Waals surface area (Å²) >= 11 is 3.46. The second-order valence-corrected chi connectivity index (χ2v) is 9.63. The number of rotatable bonds is 8. The first-order chi connectivity index (χ1) is 14.7. The Morgan fingerprint density at radius 3 is 2.90 bits per heavy atom. The van der Waals surface area contributed by atoms with Crippen LogP contribution in [0.25, 0.3) is 10.2 Å². The van der Waals surface area contributed by atoms with Crippen LogP contribution in [0, 0.1) is 0 Å². The average Bonchev–Trinajstić information content (AvgIpc) is 3.42. The summed E-state index contributed by atoms with van der Waals surface area (Å²) in [7, 11) is 3.31. The Labute approximate surface area is 185 Å². The molecule has 0 bridgehead atoms. The van der Waals surface area contributed by atoms with Gasteiger partial charge in [-0.1, -0.05) is 23.9 Å². The molecule has 1 atom stereocenters. The van der Waals surface area contributed by atoms with E-state index < -0.39 is 0 Å². The summed E-state index contributed by atoms with van der Waals surface area (Å²) < 4.78 is 13.2. The Morgan fingerprint density at radius 1 is 1.23 bits per heavy atom. The van der Waals surface area contributed by atoms with Gasteiger partial charge in [-0.3, -0.25) is 4.79 Å². The quantitative estimate of drug-likeness (QED) is 0.338. The summed E-state index contributed by atoms with van der Waals surface area (Å²) in [5.41, 5.74) is 2.11. The Morgan fingerprint density at radius 2 is 2.10 bits per heavy atom. The van der Waals surface area contributed by atoms with Gasteiger partial charge >= 0.3 is 0 Å². The van der Waals surface area contributed by atoms with Crippen LogP contribution in [0.1, 0.15) is 37.3 Å².